The Morgan fingerprint density at radius 3 is 2.73 bits per heavy atom. The summed E-state index contributed by atoms with van der Waals surface area (Å²) in [5.74, 6) is -1.04. The smallest absolute Gasteiger partial charge is 0.321 e. The van der Waals surface area contributed by atoms with Gasteiger partial charge in [0, 0.05) is 18.3 Å². The van der Waals surface area contributed by atoms with Gasteiger partial charge in [0.1, 0.15) is 17.3 Å². The van der Waals surface area contributed by atoms with E-state index in [0.29, 0.717) is 32.1 Å². The highest BCUT2D eigenvalue weighted by molar-refractivity contribution is 6.26. The van der Waals surface area contributed by atoms with E-state index in [1.54, 1.807) is 0 Å². The molecule has 0 aromatic rings. The lowest BCUT2D eigenvalue weighted by Gasteiger charge is -2.59. The summed E-state index contributed by atoms with van der Waals surface area (Å²) in [6, 6.07) is 0. The van der Waals surface area contributed by atoms with Gasteiger partial charge in [-0.25, -0.2) is 0 Å². The average Bonchev–Trinajstić information content (AvgIpc) is 2.97. The summed E-state index contributed by atoms with van der Waals surface area (Å²) in [7, 11) is 0. The van der Waals surface area contributed by atoms with Crippen LogP contribution in [0.3, 0.4) is 0 Å². The number of halogens is 1. The zero-order chi connectivity index (χ0) is 21.9. The third-order valence-corrected chi connectivity index (χ3v) is 9.18. The summed E-state index contributed by atoms with van der Waals surface area (Å²) in [6.07, 6.45) is 5.34. The fraction of sp³-hybridized carbons (Fsp3) is 0.783. The maximum atomic E-state index is 12.9. The Kier molecular flexibility index (Phi) is 5.43. The molecule has 0 aromatic carbocycles. The third-order valence-electron chi connectivity index (χ3n) is 8.96. The SMILES string of the molecule is C[C@]12CCC(=O)CC1=CC[C@@H]1[C@@H]2[C@@H](O)C[C@@]2(C)[C@H]1CC[C@]2(O)C(=O)COC(=O)CCl. The Labute approximate surface area is 182 Å². The summed E-state index contributed by atoms with van der Waals surface area (Å²) in [5, 5.41) is 22.8. The summed E-state index contributed by atoms with van der Waals surface area (Å²) >= 11 is 5.43. The highest BCUT2D eigenvalue weighted by atomic mass is 35.5. The average molecular weight is 439 g/mol. The molecule has 3 saturated carbocycles. The lowest BCUT2D eigenvalue weighted by atomic mass is 9.46. The van der Waals surface area contributed by atoms with Crippen molar-refractivity contribution in [2.75, 3.05) is 12.5 Å². The number of fused-ring (bicyclic) bond motifs is 5. The standard InChI is InChI=1S/C23H31ClO6/c1-21-7-5-14(25)9-13(21)3-4-15-16-6-8-23(29,18(27)12-30-19(28)11-24)22(16,2)10-17(26)20(15)21/h3,15-17,20,26,29H,4-12H2,1-2H3/t15-,16-,17-,20+,21-,22-,23-/m0/s1. The van der Waals surface area contributed by atoms with Gasteiger partial charge in [0.25, 0.3) is 0 Å². The zero-order valence-corrected chi connectivity index (χ0v) is 18.4. The molecule has 2 N–H and O–H groups in total. The Morgan fingerprint density at radius 2 is 2.03 bits per heavy atom. The second kappa shape index (κ2) is 7.42. The molecule has 0 radical (unpaired) electrons. The number of allylic oxidation sites excluding steroid dienone is 2. The van der Waals surface area contributed by atoms with Gasteiger partial charge in [0.15, 0.2) is 6.61 Å². The van der Waals surface area contributed by atoms with Crippen molar-refractivity contribution in [2.24, 2.45) is 28.6 Å². The molecule has 0 saturated heterocycles. The normalized spacial score (nSPS) is 45.1. The van der Waals surface area contributed by atoms with Gasteiger partial charge in [-0.15, -0.1) is 11.6 Å². The number of esters is 1. The fourth-order valence-electron chi connectivity index (χ4n) is 7.38. The monoisotopic (exact) mass is 438 g/mol. The Balaban J connectivity index is 1.63. The van der Waals surface area contributed by atoms with Crippen molar-refractivity contribution >= 4 is 29.1 Å². The lowest BCUT2D eigenvalue weighted by molar-refractivity contribution is -0.182. The number of alkyl halides is 1. The van der Waals surface area contributed by atoms with Crippen molar-refractivity contribution in [3.63, 3.8) is 0 Å². The molecule has 4 aliphatic rings. The minimum absolute atomic E-state index is 0.0233. The molecule has 0 heterocycles. The van der Waals surface area contributed by atoms with Gasteiger partial charge in [0.05, 0.1) is 6.10 Å². The van der Waals surface area contributed by atoms with E-state index in [2.05, 4.69) is 13.0 Å². The minimum atomic E-state index is -1.64. The van der Waals surface area contributed by atoms with Crippen LogP contribution in [0, 0.1) is 28.6 Å². The zero-order valence-electron chi connectivity index (χ0n) is 17.7. The van der Waals surface area contributed by atoms with E-state index in [-0.39, 0.29) is 34.8 Å². The number of rotatable bonds is 4. The molecular weight excluding hydrogens is 408 g/mol. The number of ketones is 2. The van der Waals surface area contributed by atoms with Crippen LogP contribution >= 0.6 is 11.6 Å². The molecule has 4 rings (SSSR count). The lowest BCUT2D eigenvalue weighted by Crippen LogP contribution is -2.61. The maximum absolute atomic E-state index is 12.9. The summed E-state index contributed by atoms with van der Waals surface area (Å²) in [5.41, 5.74) is -1.48. The third kappa shape index (κ3) is 3.01. The van der Waals surface area contributed by atoms with Gasteiger partial charge in [-0.05, 0) is 55.3 Å². The first kappa shape index (κ1) is 22.0. The van der Waals surface area contributed by atoms with E-state index in [4.69, 9.17) is 16.3 Å². The van der Waals surface area contributed by atoms with Gasteiger partial charge in [0.2, 0.25) is 5.78 Å². The number of Topliss-reactive ketones (excluding diaryl/α,β-unsaturated/α-hetero) is 2. The van der Waals surface area contributed by atoms with Crippen LogP contribution in [0.4, 0.5) is 0 Å². The highest BCUT2D eigenvalue weighted by Crippen LogP contribution is 2.67. The van der Waals surface area contributed by atoms with Gasteiger partial charge < -0.3 is 14.9 Å². The minimum Gasteiger partial charge on any atom is -0.457 e. The summed E-state index contributed by atoms with van der Waals surface area (Å²) < 4.78 is 4.90. The number of carbonyl (C=O) groups is 3. The molecule has 0 amide bonds. The van der Waals surface area contributed by atoms with Crippen LogP contribution in [-0.2, 0) is 19.1 Å². The highest BCUT2D eigenvalue weighted by Gasteiger charge is 2.68. The second-order valence-electron chi connectivity index (χ2n) is 10.2. The van der Waals surface area contributed by atoms with Gasteiger partial charge >= 0.3 is 5.97 Å². The van der Waals surface area contributed by atoms with Crippen molar-refractivity contribution in [3.05, 3.63) is 11.6 Å². The molecule has 7 heteroatoms. The molecule has 0 bridgehead atoms. The van der Waals surface area contributed by atoms with E-state index in [1.165, 1.54) is 0 Å². The number of ether oxygens (including phenoxy) is 1. The van der Waals surface area contributed by atoms with Crippen molar-refractivity contribution in [1.82, 2.24) is 0 Å². The van der Waals surface area contributed by atoms with Crippen LogP contribution < -0.4 is 0 Å². The predicted octanol–water partition coefficient (Wildman–Crippen LogP) is 2.57. The van der Waals surface area contributed by atoms with Crippen molar-refractivity contribution < 1.29 is 29.3 Å². The van der Waals surface area contributed by atoms with Gasteiger partial charge in [-0.1, -0.05) is 25.5 Å². The fourth-order valence-corrected chi connectivity index (χ4v) is 7.45. The molecule has 0 aliphatic heterocycles. The van der Waals surface area contributed by atoms with Crippen molar-refractivity contribution in [3.8, 4) is 0 Å². The number of hydrogen-bond acceptors (Lipinski definition) is 6. The Morgan fingerprint density at radius 1 is 1.30 bits per heavy atom. The van der Waals surface area contributed by atoms with Crippen LogP contribution in [-0.4, -0.2) is 51.9 Å². The Bertz CT molecular complexity index is 808. The van der Waals surface area contributed by atoms with Crippen LogP contribution in [0.5, 0.6) is 0 Å². The molecule has 6 nitrogen and oxygen atoms in total. The molecule has 0 spiro atoms. The molecule has 4 aliphatic carbocycles. The molecular formula is C23H31ClO6. The van der Waals surface area contributed by atoms with Gasteiger partial charge in [-0.2, -0.15) is 0 Å². The summed E-state index contributed by atoms with van der Waals surface area (Å²) in [4.78, 5) is 36.3. The molecule has 3 fully saturated rings. The van der Waals surface area contributed by atoms with E-state index in [1.807, 2.05) is 6.92 Å². The van der Waals surface area contributed by atoms with Gasteiger partial charge in [-0.3, -0.25) is 14.4 Å². The predicted molar refractivity (Wildman–Crippen MR) is 110 cm³/mol. The summed E-state index contributed by atoms with van der Waals surface area (Å²) in [6.45, 7) is 3.57. The molecule has 0 aromatic heterocycles. The first-order valence-corrected chi connectivity index (χ1v) is 11.5. The topological polar surface area (TPSA) is 101 Å². The second-order valence-corrected chi connectivity index (χ2v) is 10.5. The van der Waals surface area contributed by atoms with Crippen molar-refractivity contribution in [1.29, 1.82) is 0 Å². The molecule has 0 unspecified atom stereocenters. The number of carbonyl (C=O) groups excluding carboxylic acids is 3. The van der Waals surface area contributed by atoms with E-state index in [0.717, 1.165) is 18.4 Å². The molecule has 7 atom stereocenters. The first-order valence-electron chi connectivity index (χ1n) is 10.9. The van der Waals surface area contributed by atoms with E-state index < -0.39 is 35.5 Å². The quantitative estimate of drug-likeness (QED) is 0.397. The van der Waals surface area contributed by atoms with Crippen LogP contribution in [0.2, 0.25) is 0 Å². The van der Waals surface area contributed by atoms with Crippen LogP contribution in [0.25, 0.3) is 0 Å². The van der Waals surface area contributed by atoms with E-state index >= 15 is 0 Å². The van der Waals surface area contributed by atoms with Crippen LogP contribution in [0.1, 0.15) is 58.8 Å². The largest absolute Gasteiger partial charge is 0.457 e. The maximum Gasteiger partial charge on any atom is 0.321 e. The number of hydrogen-bond donors (Lipinski definition) is 2. The molecule has 166 valence electrons. The first-order chi connectivity index (χ1) is 14.1. The Hall–Kier alpha value is -1.24. The van der Waals surface area contributed by atoms with E-state index in [9.17, 15) is 24.6 Å². The van der Waals surface area contributed by atoms with Crippen molar-refractivity contribution in [2.45, 2.75) is 70.5 Å². The number of aliphatic hydroxyl groups excluding tert-OH is 1. The number of aliphatic hydroxyl groups is 2. The molecule has 30 heavy (non-hydrogen) atoms. The van der Waals surface area contributed by atoms with Crippen LogP contribution in [0.15, 0.2) is 11.6 Å².